The number of ether oxygens (including phenoxy) is 1. The molecule has 0 unspecified atom stereocenters. The molecule has 4 N–H and O–H groups in total. The van der Waals surface area contributed by atoms with Gasteiger partial charge in [0.05, 0.1) is 40.7 Å². The van der Waals surface area contributed by atoms with Crippen LogP contribution in [-0.4, -0.2) is 45.4 Å². The summed E-state index contributed by atoms with van der Waals surface area (Å²) in [5.74, 6) is -0.712. The lowest BCUT2D eigenvalue weighted by Crippen LogP contribution is -2.24. The van der Waals surface area contributed by atoms with E-state index in [1.165, 1.54) is 47.4 Å². The number of carbonyl (C=O) groups is 1. The van der Waals surface area contributed by atoms with Gasteiger partial charge in [-0.3, -0.25) is 4.79 Å². The standard InChI is InChI=1S/C30H29FN6O6S/c1-30(2,3)18-12-17-14-33-37(28(39)26(17)22(31)13-18)24-7-5-6-23(21(24)16-38)36-15-25(43-29(32)40)27(35-36)34-19-8-10-20(11-9-19)44(4,41)42/h5-15,38H,16H2,1-4H3,(H2,32,40)(H,34,35). The topological polar surface area (TPSA) is 171 Å². The molecule has 0 saturated carbocycles. The Morgan fingerprint density at radius 3 is 2.41 bits per heavy atom. The number of rotatable bonds is 7. The summed E-state index contributed by atoms with van der Waals surface area (Å²) in [6, 6.07) is 13.6. The lowest BCUT2D eigenvalue weighted by molar-refractivity contribution is 0.211. The molecule has 14 heteroatoms. The molecule has 0 spiro atoms. The minimum absolute atomic E-state index is 0.0444. The van der Waals surface area contributed by atoms with Crippen molar-refractivity contribution in [2.75, 3.05) is 11.6 Å². The van der Waals surface area contributed by atoms with Crippen molar-refractivity contribution in [2.45, 2.75) is 37.7 Å². The maximum absolute atomic E-state index is 15.3. The number of aliphatic hydroxyl groups excluding tert-OH is 1. The Kier molecular flexibility index (Phi) is 7.74. The molecule has 228 valence electrons. The predicted molar refractivity (Wildman–Crippen MR) is 162 cm³/mol. The van der Waals surface area contributed by atoms with Gasteiger partial charge in [0.2, 0.25) is 0 Å². The zero-order valence-electron chi connectivity index (χ0n) is 24.2. The lowest BCUT2D eigenvalue weighted by atomic mass is 9.86. The maximum atomic E-state index is 15.3. The van der Waals surface area contributed by atoms with Crippen molar-refractivity contribution >= 4 is 38.2 Å². The molecule has 0 aliphatic heterocycles. The number of benzene rings is 3. The number of hydrogen-bond donors (Lipinski definition) is 3. The Hall–Kier alpha value is -5.08. The highest BCUT2D eigenvalue weighted by Crippen LogP contribution is 2.31. The Labute approximate surface area is 251 Å². The molecule has 0 aliphatic rings. The Morgan fingerprint density at radius 1 is 1.11 bits per heavy atom. The Balaban J connectivity index is 1.60. The number of fused-ring (bicyclic) bond motifs is 1. The second-order valence-electron chi connectivity index (χ2n) is 11.1. The molecule has 3 aromatic carbocycles. The van der Waals surface area contributed by atoms with Crippen LogP contribution in [-0.2, 0) is 21.9 Å². The number of nitrogens with two attached hydrogens (primary N) is 1. The lowest BCUT2D eigenvalue weighted by Gasteiger charge is -2.20. The molecule has 2 heterocycles. The van der Waals surface area contributed by atoms with Gasteiger partial charge in [0.15, 0.2) is 21.4 Å². The number of primary amides is 1. The van der Waals surface area contributed by atoms with Gasteiger partial charge in [0, 0.05) is 22.9 Å². The quantitative estimate of drug-likeness (QED) is 0.242. The molecule has 5 aromatic rings. The summed E-state index contributed by atoms with van der Waals surface area (Å²) in [6.45, 7) is 5.24. The van der Waals surface area contributed by atoms with Gasteiger partial charge in [0.1, 0.15) is 5.82 Å². The van der Waals surface area contributed by atoms with Crippen LogP contribution < -0.4 is 21.3 Å². The summed E-state index contributed by atoms with van der Waals surface area (Å²) in [5, 5.41) is 22.3. The summed E-state index contributed by atoms with van der Waals surface area (Å²) in [5.41, 5.74) is 6.00. The van der Waals surface area contributed by atoms with E-state index in [0.717, 1.165) is 10.9 Å². The van der Waals surface area contributed by atoms with Gasteiger partial charge in [-0.05, 0) is 59.5 Å². The summed E-state index contributed by atoms with van der Waals surface area (Å²) >= 11 is 0. The number of anilines is 2. The van der Waals surface area contributed by atoms with Crippen molar-refractivity contribution < 1.29 is 27.4 Å². The van der Waals surface area contributed by atoms with Crippen LogP contribution in [0, 0.1) is 5.82 Å². The van der Waals surface area contributed by atoms with E-state index >= 15 is 4.39 Å². The zero-order valence-corrected chi connectivity index (χ0v) is 25.0. The van der Waals surface area contributed by atoms with E-state index in [2.05, 4.69) is 15.5 Å². The normalized spacial score (nSPS) is 12.0. The highest BCUT2D eigenvalue weighted by atomic mass is 32.2. The molecular weight excluding hydrogens is 591 g/mol. The largest absolute Gasteiger partial charge is 0.410 e. The van der Waals surface area contributed by atoms with Crippen LogP contribution in [0.5, 0.6) is 5.75 Å². The third kappa shape index (κ3) is 5.89. The smallest absolute Gasteiger partial charge is 0.405 e. The van der Waals surface area contributed by atoms with E-state index in [-0.39, 0.29) is 44.2 Å². The summed E-state index contributed by atoms with van der Waals surface area (Å²) < 4.78 is 46.3. The van der Waals surface area contributed by atoms with Gasteiger partial charge in [-0.1, -0.05) is 26.8 Å². The van der Waals surface area contributed by atoms with E-state index in [1.54, 1.807) is 24.3 Å². The third-order valence-electron chi connectivity index (χ3n) is 6.90. The number of aromatic nitrogens is 4. The van der Waals surface area contributed by atoms with E-state index in [0.29, 0.717) is 16.6 Å². The average molecular weight is 621 g/mol. The number of aliphatic hydroxyl groups is 1. The molecule has 44 heavy (non-hydrogen) atoms. The minimum Gasteiger partial charge on any atom is -0.405 e. The van der Waals surface area contributed by atoms with Crippen LogP contribution in [0.1, 0.15) is 31.9 Å². The summed E-state index contributed by atoms with van der Waals surface area (Å²) in [4.78, 5) is 25.3. The third-order valence-corrected chi connectivity index (χ3v) is 8.03. The fourth-order valence-electron chi connectivity index (χ4n) is 4.65. The predicted octanol–water partition coefficient (Wildman–Crippen LogP) is 4.10. The highest BCUT2D eigenvalue weighted by Gasteiger charge is 2.22. The van der Waals surface area contributed by atoms with Crippen molar-refractivity contribution in [1.29, 1.82) is 0 Å². The number of halogens is 1. The number of nitrogens with one attached hydrogen (secondary N) is 1. The molecule has 1 amide bonds. The van der Waals surface area contributed by atoms with Crippen LogP contribution in [0.15, 0.2) is 76.7 Å². The minimum atomic E-state index is -3.42. The Bertz CT molecular complexity index is 2080. The fraction of sp³-hybridized carbons (Fsp3) is 0.200. The number of amides is 1. The van der Waals surface area contributed by atoms with Crippen molar-refractivity contribution in [2.24, 2.45) is 5.73 Å². The molecule has 12 nitrogen and oxygen atoms in total. The van der Waals surface area contributed by atoms with Crippen LogP contribution in [0.2, 0.25) is 0 Å². The zero-order chi connectivity index (χ0) is 32.0. The van der Waals surface area contributed by atoms with Gasteiger partial charge in [-0.2, -0.15) is 9.78 Å². The van der Waals surface area contributed by atoms with Crippen molar-refractivity contribution in [3.8, 4) is 17.1 Å². The van der Waals surface area contributed by atoms with Gasteiger partial charge >= 0.3 is 6.09 Å². The molecule has 5 rings (SSSR count). The molecule has 0 atom stereocenters. The second kappa shape index (κ2) is 11.2. The first-order valence-corrected chi connectivity index (χ1v) is 15.2. The molecule has 2 aromatic heterocycles. The number of hydrogen-bond acceptors (Lipinski definition) is 9. The number of nitrogens with zero attached hydrogens (tertiary/aromatic N) is 4. The van der Waals surface area contributed by atoms with Crippen molar-refractivity contribution in [3.05, 3.63) is 94.3 Å². The monoisotopic (exact) mass is 620 g/mol. The summed E-state index contributed by atoms with van der Waals surface area (Å²) in [7, 11) is -3.42. The maximum Gasteiger partial charge on any atom is 0.410 e. The van der Waals surface area contributed by atoms with E-state index < -0.39 is 33.9 Å². The molecule has 0 fully saturated rings. The average Bonchev–Trinajstić information content (AvgIpc) is 3.32. The van der Waals surface area contributed by atoms with E-state index in [1.807, 2.05) is 20.8 Å². The summed E-state index contributed by atoms with van der Waals surface area (Å²) in [6.07, 6.45) is 2.70. The Morgan fingerprint density at radius 2 is 1.80 bits per heavy atom. The van der Waals surface area contributed by atoms with Gasteiger partial charge in [-0.15, -0.1) is 5.10 Å². The van der Waals surface area contributed by atoms with Gasteiger partial charge in [-0.25, -0.2) is 22.3 Å². The molecule has 0 bridgehead atoms. The van der Waals surface area contributed by atoms with E-state index in [4.69, 9.17) is 10.5 Å². The van der Waals surface area contributed by atoms with Crippen LogP contribution in [0.4, 0.5) is 20.7 Å². The van der Waals surface area contributed by atoms with Crippen LogP contribution in [0.3, 0.4) is 0 Å². The number of carbonyl (C=O) groups excluding carboxylic acids is 1. The van der Waals surface area contributed by atoms with E-state index in [9.17, 15) is 23.1 Å². The molecule has 0 aliphatic carbocycles. The van der Waals surface area contributed by atoms with Crippen LogP contribution >= 0.6 is 0 Å². The van der Waals surface area contributed by atoms with Gasteiger partial charge in [0.25, 0.3) is 5.56 Å². The van der Waals surface area contributed by atoms with Crippen molar-refractivity contribution in [3.63, 3.8) is 0 Å². The number of sulfone groups is 1. The first kappa shape index (κ1) is 30.4. The SMILES string of the molecule is CC(C)(C)c1cc(F)c2c(=O)n(-c3cccc(-n4cc(OC(N)=O)c(Nc5ccc(S(C)(=O)=O)cc5)n4)c3CO)ncc2c1. The first-order chi connectivity index (χ1) is 20.7. The molecule has 0 radical (unpaired) electrons. The van der Waals surface area contributed by atoms with Crippen molar-refractivity contribution in [1.82, 2.24) is 19.6 Å². The van der Waals surface area contributed by atoms with Crippen LogP contribution in [0.25, 0.3) is 22.1 Å². The first-order valence-electron chi connectivity index (χ1n) is 13.3. The highest BCUT2D eigenvalue weighted by molar-refractivity contribution is 7.90. The molecular formula is C30H29FN6O6S. The fourth-order valence-corrected chi connectivity index (χ4v) is 5.28. The van der Waals surface area contributed by atoms with Gasteiger partial charge < -0.3 is 20.9 Å². The second-order valence-corrected chi connectivity index (χ2v) is 13.1. The molecule has 0 saturated heterocycles.